The van der Waals surface area contributed by atoms with Gasteiger partial charge >= 0.3 is 0 Å². The number of hydrogen-bond donors (Lipinski definition) is 2. The summed E-state index contributed by atoms with van der Waals surface area (Å²) in [6.45, 7) is 0.940. The van der Waals surface area contributed by atoms with Crippen LogP contribution in [0, 0.1) is 5.82 Å². The maximum absolute atomic E-state index is 13.3. The van der Waals surface area contributed by atoms with Gasteiger partial charge in [-0.25, -0.2) is 4.39 Å². The molecule has 1 aromatic rings. The molecule has 0 amide bonds. The molecule has 2 nitrogen and oxygen atoms in total. The highest BCUT2D eigenvalue weighted by molar-refractivity contribution is 6.32. The lowest BCUT2D eigenvalue weighted by Crippen LogP contribution is -2.26. The molecule has 4 heteroatoms. The molecule has 1 aliphatic heterocycles. The van der Waals surface area contributed by atoms with E-state index in [1.807, 2.05) is 0 Å². The van der Waals surface area contributed by atoms with Gasteiger partial charge in [-0.2, -0.15) is 0 Å². The Hall–Kier alpha value is -0.800. The minimum atomic E-state index is -0.556. The molecule has 1 atom stereocenters. The highest BCUT2D eigenvalue weighted by Gasteiger charge is 2.17. The summed E-state index contributed by atoms with van der Waals surface area (Å²) in [7, 11) is 0. The highest BCUT2D eigenvalue weighted by Crippen LogP contribution is 2.32. The average molecular weight is 230 g/mol. The first kappa shape index (κ1) is 10.7. The van der Waals surface area contributed by atoms with Crippen LogP contribution in [-0.4, -0.2) is 11.7 Å². The Morgan fingerprint density at radius 2 is 2.20 bits per heavy atom. The van der Waals surface area contributed by atoms with Crippen molar-refractivity contribution in [3.05, 3.63) is 28.5 Å². The van der Waals surface area contributed by atoms with Crippen LogP contribution in [0.4, 0.5) is 4.39 Å². The molecule has 1 heterocycles. The molecule has 1 unspecified atom stereocenters. The van der Waals surface area contributed by atoms with Crippen molar-refractivity contribution < 1.29 is 9.50 Å². The smallest absolute Gasteiger partial charge is 0.145 e. The predicted molar refractivity (Wildman–Crippen MR) is 57.7 cm³/mol. The quantitative estimate of drug-likeness (QED) is 0.776. The van der Waals surface area contributed by atoms with E-state index in [1.54, 1.807) is 0 Å². The first-order valence-electron chi connectivity index (χ1n) is 5.10. The summed E-state index contributed by atoms with van der Waals surface area (Å²) in [5, 5.41) is 12.5. The lowest BCUT2D eigenvalue weighted by atomic mass is 9.97. The average Bonchev–Trinajstić information content (AvgIpc) is 2.26. The molecule has 82 valence electrons. The Balaban J connectivity index is 2.27. The standard InChI is InChI=1S/C11H13ClFNO/c12-11-8(13)5-7(6-10(11)15)9-3-1-2-4-14-9/h5-6,9,14-15H,1-4H2. The third kappa shape index (κ3) is 2.24. The summed E-state index contributed by atoms with van der Waals surface area (Å²) in [4.78, 5) is 0. The minimum absolute atomic E-state index is 0.136. The number of phenolic OH excluding ortho intramolecular Hbond substituents is 1. The van der Waals surface area contributed by atoms with Crippen LogP contribution in [0.15, 0.2) is 12.1 Å². The molecule has 2 N–H and O–H groups in total. The summed E-state index contributed by atoms with van der Waals surface area (Å²) < 4.78 is 13.3. The maximum Gasteiger partial charge on any atom is 0.145 e. The van der Waals surface area contributed by atoms with Crippen LogP contribution in [-0.2, 0) is 0 Å². The molecular formula is C11H13ClFNO. The van der Waals surface area contributed by atoms with Gasteiger partial charge in [0.25, 0.3) is 0 Å². The van der Waals surface area contributed by atoms with Gasteiger partial charge < -0.3 is 10.4 Å². The lowest BCUT2D eigenvalue weighted by Gasteiger charge is -2.24. The minimum Gasteiger partial charge on any atom is -0.506 e. The van der Waals surface area contributed by atoms with Crippen LogP contribution in [0.2, 0.25) is 5.02 Å². The van der Waals surface area contributed by atoms with Crippen molar-refractivity contribution in [2.24, 2.45) is 0 Å². The fourth-order valence-electron chi connectivity index (χ4n) is 1.93. The monoisotopic (exact) mass is 229 g/mol. The van der Waals surface area contributed by atoms with Crippen LogP contribution in [0.5, 0.6) is 5.75 Å². The van der Waals surface area contributed by atoms with E-state index in [2.05, 4.69) is 5.32 Å². The van der Waals surface area contributed by atoms with Gasteiger partial charge in [0.15, 0.2) is 0 Å². The van der Waals surface area contributed by atoms with Gasteiger partial charge in [-0.3, -0.25) is 0 Å². The molecule has 0 aromatic heterocycles. The van der Waals surface area contributed by atoms with Gasteiger partial charge in [0.05, 0.1) is 0 Å². The van der Waals surface area contributed by atoms with Crippen molar-refractivity contribution in [1.29, 1.82) is 0 Å². The van der Waals surface area contributed by atoms with Crippen molar-refractivity contribution in [3.63, 3.8) is 0 Å². The fraction of sp³-hybridized carbons (Fsp3) is 0.455. The summed E-state index contributed by atoms with van der Waals surface area (Å²) in [6.07, 6.45) is 3.25. The number of hydrogen-bond acceptors (Lipinski definition) is 2. The Morgan fingerprint density at radius 1 is 1.40 bits per heavy atom. The van der Waals surface area contributed by atoms with Gasteiger partial charge in [0.1, 0.15) is 16.6 Å². The van der Waals surface area contributed by atoms with Crippen LogP contribution in [0.3, 0.4) is 0 Å². The zero-order valence-corrected chi connectivity index (χ0v) is 9.02. The molecule has 1 fully saturated rings. The summed E-state index contributed by atoms with van der Waals surface area (Å²) in [5.74, 6) is -0.738. The topological polar surface area (TPSA) is 32.3 Å². The fourth-order valence-corrected chi connectivity index (χ4v) is 2.04. The first-order valence-corrected chi connectivity index (χ1v) is 5.47. The second kappa shape index (κ2) is 4.37. The molecule has 0 saturated carbocycles. The van der Waals surface area contributed by atoms with E-state index in [0.29, 0.717) is 0 Å². The third-order valence-corrected chi connectivity index (χ3v) is 3.12. The second-order valence-electron chi connectivity index (χ2n) is 3.84. The Morgan fingerprint density at radius 3 is 2.80 bits per heavy atom. The SMILES string of the molecule is Oc1cc(C2CCCCN2)cc(F)c1Cl. The summed E-state index contributed by atoms with van der Waals surface area (Å²) >= 11 is 5.54. The number of rotatable bonds is 1. The zero-order valence-electron chi connectivity index (χ0n) is 8.26. The molecule has 0 bridgehead atoms. The van der Waals surface area contributed by atoms with Gasteiger partial charge in [0.2, 0.25) is 0 Å². The number of benzene rings is 1. The number of nitrogens with one attached hydrogen (secondary N) is 1. The van der Waals surface area contributed by atoms with Crippen LogP contribution >= 0.6 is 11.6 Å². The molecule has 0 spiro atoms. The highest BCUT2D eigenvalue weighted by atomic mass is 35.5. The molecule has 1 saturated heterocycles. The number of phenols is 1. The van der Waals surface area contributed by atoms with E-state index in [4.69, 9.17) is 11.6 Å². The van der Waals surface area contributed by atoms with Gasteiger partial charge in [-0.15, -0.1) is 0 Å². The van der Waals surface area contributed by atoms with E-state index in [9.17, 15) is 9.50 Å². The lowest BCUT2D eigenvalue weighted by molar-refractivity contribution is 0.407. The predicted octanol–water partition coefficient (Wildman–Crippen LogP) is 3.00. The number of piperidine rings is 1. The Labute approximate surface area is 93.1 Å². The number of halogens is 2. The largest absolute Gasteiger partial charge is 0.506 e. The van der Waals surface area contributed by atoms with Crippen molar-refractivity contribution in [3.8, 4) is 5.75 Å². The molecule has 1 aromatic carbocycles. The van der Waals surface area contributed by atoms with Gasteiger partial charge in [-0.05, 0) is 37.1 Å². The van der Waals surface area contributed by atoms with Gasteiger partial charge in [-0.1, -0.05) is 18.0 Å². The summed E-state index contributed by atoms with van der Waals surface area (Å²) in [6, 6.07) is 3.07. The van der Waals surface area contributed by atoms with Crippen molar-refractivity contribution in [2.45, 2.75) is 25.3 Å². The van der Waals surface area contributed by atoms with E-state index in [-0.39, 0.29) is 16.8 Å². The Bertz CT molecular complexity index is 341. The molecule has 15 heavy (non-hydrogen) atoms. The normalized spacial score (nSPS) is 21.6. The second-order valence-corrected chi connectivity index (χ2v) is 4.22. The van der Waals surface area contributed by atoms with Crippen LogP contribution in [0.25, 0.3) is 0 Å². The third-order valence-electron chi connectivity index (χ3n) is 2.74. The van der Waals surface area contributed by atoms with Crippen LogP contribution < -0.4 is 5.32 Å². The molecule has 1 aliphatic rings. The van der Waals surface area contributed by atoms with Gasteiger partial charge in [0, 0.05) is 6.04 Å². The Kier molecular flexibility index (Phi) is 3.12. The van der Waals surface area contributed by atoms with Crippen molar-refractivity contribution in [2.75, 3.05) is 6.54 Å². The molecular weight excluding hydrogens is 217 g/mol. The zero-order chi connectivity index (χ0) is 10.8. The maximum atomic E-state index is 13.3. The molecule has 0 radical (unpaired) electrons. The van der Waals surface area contributed by atoms with E-state index in [0.717, 1.165) is 31.4 Å². The van der Waals surface area contributed by atoms with Crippen LogP contribution in [0.1, 0.15) is 30.9 Å². The molecule has 0 aliphatic carbocycles. The van der Waals surface area contributed by atoms with E-state index in [1.165, 1.54) is 12.1 Å². The van der Waals surface area contributed by atoms with Crippen molar-refractivity contribution >= 4 is 11.6 Å². The first-order chi connectivity index (χ1) is 7.18. The van der Waals surface area contributed by atoms with E-state index >= 15 is 0 Å². The summed E-state index contributed by atoms with van der Waals surface area (Å²) in [5.41, 5.74) is 0.772. The molecule has 2 rings (SSSR count). The van der Waals surface area contributed by atoms with Crippen molar-refractivity contribution in [1.82, 2.24) is 5.32 Å². The van der Waals surface area contributed by atoms with E-state index < -0.39 is 5.82 Å². The number of aromatic hydroxyl groups is 1.